The molecule has 0 saturated carbocycles. The third kappa shape index (κ3) is 6.91. The maximum atomic E-state index is 13.7. The minimum Gasteiger partial charge on any atom is -0.486 e. The number of amides is 2. The molecule has 0 aliphatic carbocycles. The van der Waals surface area contributed by atoms with Gasteiger partial charge in [0, 0.05) is 23.6 Å². The Hall–Kier alpha value is -2.79. The van der Waals surface area contributed by atoms with Gasteiger partial charge in [0.2, 0.25) is 21.8 Å². The second kappa shape index (κ2) is 12.4. The molecule has 2 aromatic carbocycles. The lowest BCUT2D eigenvalue weighted by molar-refractivity contribution is -0.139. The van der Waals surface area contributed by atoms with Gasteiger partial charge in [-0.25, -0.2) is 8.42 Å². The van der Waals surface area contributed by atoms with Crippen LogP contribution in [0.5, 0.6) is 11.5 Å². The number of benzene rings is 2. The van der Waals surface area contributed by atoms with E-state index in [0.29, 0.717) is 36.9 Å². The monoisotopic (exact) mass is 581 g/mol. The SMILES string of the molecule is CCCNC(=O)[C@@H](C)N(Cc1cccc(Br)c1)C(=O)CN(c1ccc2c(c1)OCCO2)S(=O)(=O)CC. The summed E-state index contributed by atoms with van der Waals surface area (Å²) >= 11 is 3.43. The molecule has 0 aromatic heterocycles. The third-order valence-electron chi connectivity index (χ3n) is 5.75. The smallest absolute Gasteiger partial charge is 0.244 e. The number of halogens is 1. The molecule has 1 aliphatic heterocycles. The van der Waals surface area contributed by atoms with E-state index in [-0.39, 0.29) is 18.2 Å². The Morgan fingerprint density at radius 1 is 1.08 bits per heavy atom. The summed E-state index contributed by atoms with van der Waals surface area (Å²) in [6.07, 6.45) is 0.755. The van der Waals surface area contributed by atoms with Gasteiger partial charge >= 0.3 is 0 Å². The van der Waals surface area contributed by atoms with E-state index in [2.05, 4.69) is 21.2 Å². The second-order valence-electron chi connectivity index (χ2n) is 8.35. The predicted molar refractivity (Wildman–Crippen MR) is 142 cm³/mol. The van der Waals surface area contributed by atoms with Crippen LogP contribution < -0.4 is 19.1 Å². The van der Waals surface area contributed by atoms with Crippen molar-refractivity contribution in [3.05, 3.63) is 52.5 Å². The van der Waals surface area contributed by atoms with Crippen LogP contribution in [0.25, 0.3) is 0 Å². The zero-order valence-electron chi connectivity index (χ0n) is 20.7. The molecule has 3 rings (SSSR count). The van der Waals surface area contributed by atoms with Crippen LogP contribution in [-0.2, 0) is 26.2 Å². The highest BCUT2D eigenvalue weighted by molar-refractivity contribution is 9.10. The highest BCUT2D eigenvalue weighted by Gasteiger charge is 2.31. The zero-order chi connectivity index (χ0) is 26.3. The standard InChI is InChI=1S/C25H32BrN3O6S/c1-4-11-27-25(31)18(3)28(16-19-7-6-8-20(26)14-19)24(30)17-29(36(32,33)5-2)21-9-10-22-23(15-21)35-13-12-34-22/h6-10,14-15,18H,4-5,11-13,16-17H2,1-3H3,(H,27,31)/t18-/m1/s1. The number of carbonyl (C=O) groups is 2. The van der Waals surface area contributed by atoms with Gasteiger partial charge in [0.15, 0.2) is 11.5 Å². The summed E-state index contributed by atoms with van der Waals surface area (Å²) in [5.74, 6) is -0.0682. The fourth-order valence-electron chi connectivity index (χ4n) is 3.72. The number of hydrogen-bond donors (Lipinski definition) is 1. The predicted octanol–water partition coefficient (Wildman–Crippen LogP) is 3.32. The van der Waals surface area contributed by atoms with E-state index in [1.807, 2.05) is 31.2 Å². The van der Waals surface area contributed by atoms with Gasteiger partial charge in [0.25, 0.3) is 0 Å². The van der Waals surface area contributed by atoms with Gasteiger partial charge < -0.3 is 19.7 Å². The molecule has 1 atom stereocenters. The molecule has 1 N–H and O–H groups in total. The first-order chi connectivity index (χ1) is 17.2. The van der Waals surface area contributed by atoms with Crippen molar-refractivity contribution in [3.63, 3.8) is 0 Å². The van der Waals surface area contributed by atoms with Crippen molar-refractivity contribution in [3.8, 4) is 11.5 Å². The summed E-state index contributed by atoms with van der Waals surface area (Å²) in [7, 11) is -3.83. The molecular weight excluding hydrogens is 550 g/mol. The Bertz CT molecular complexity index is 1190. The number of anilines is 1. The summed E-state index contributed by atoms with van der Waals surface area (Å²) in [6.45, 7) is 6.01. The molecule has 196 valence electrons. The molecule has 0 unspecified atom stereocenters. The molecule has 0 saturated heterocycles. The molecular formula is C25H32BrN3O6S. The van der Waals surface area contributed by atoms with E-state index < -0.39 is 28.5 Å². The number of sulfonamides is 1. The second-order valence-corrected chi connectivity index (χ2v) is 11.5. The van der Waals surface area contributed by atoms with Crippen LogP contribution in [0.1, 0.15) is 32.8 Å². The summed E-state index contributed by atoms with van der Waals surface area (Å²) in [4.78, 5) is 27.9. The Morgan fingerprint density at radius 2 is 1.81 bits per heavy atom. The molecule has 2 aromatic rings. The average Bonchev–Trinajstić information content (AvgIpc) is 2.88. The summed E-state index contributed by atoms with van der Waals surface area (Å²) in [5, 5.41) is 2.82. The number of rotatable bonds is 11. The first-order valence-corrected chi connectivity index (χ1v) is 14.3. The van der Waals surface area contributed by atoms with E-state index in [0.717, 1.165) is 20.8 Å². The van der Waals surface area contributed by atoms with E-state index in [1.54, 1.807) is 25.1 Å². The van der Waals surface area contributed by atoms with Gasteiger partial charge in [0.1, 0.15) is 25.8 Å². The van der Waals surface area contributed by atoms with Crippen molar-refractivity contribution in [1.29, 1.82) is 0 Å². The molecule has 1 heterocycles. The number of ether oxygens (including phenoxy) is 2. The van der Waals surface area contributed by atoms with Gasteiger partial charge in [-0.05, 0) is 50.1 Å². The maximum Gasteiger partial charge on any atom is 0.244 e. The first-order valence-electron chi connectivity index (χ1n) is 11.9. The number of nitrogens with one attached hydrogen (secondary N) is 1. The van der Waals surface area contributed by atoms with E-state index in [4.69, 9.17) is 9.47 Å². The topological polar surface area (TPSA) is 105 Å². The van der Waals surface area contributed by atoms with E-state index in [9.17, 15) is 18.0 Å². The number of carbonyl (C=O) groups excluding carboxylic acids is 2. The van der Waals surface area contributed by atoms with Crippen LogP contribution in [0.3, 0.4) is 0 Å². The van der Waals surface area contributed by atoms with Crippen molar-refractivity contribution < 1.29 is 27.5 Å². The first kappa shape index (κ1) is 27.8. The largest absolute Gasteiger partial charge is 0.486 e. The lowest BCUT2D eigenvalue weighted by atomic mass is 10.1. The molecule has 36 heavy (non-hydrogen) atoms. The molecule has 1 aliphatic rings. The molecule has 9 nitrogen and oxygen atoms in total. The van der Waals surface area contributed by atoms with Gasteiger partial charge in [-0.1, -0.05) is 35.0 Å². The lowest BCUT2D eigenvalue weighted by Crippen LogP contribution is -2.51. The Labute approximate surface area is 220 Å². The summed E-state index contributed by atoms with van der Waals surface area (Å²) in [6, 6.07) is 11.4. The van der Waals surface area contributed by atoms with Crippen molar-refractivity contribution in [1.82, 2.24) is 10.2 Å². The fourth-order valence-corrected chi connectivity index (χ4v) is 5.22. The molecule has 11 heteroatoms. The van der Waals surface area contributed by atoms with E-state index in [1.165, 1.54) is 11.8 Å². The Kier molecular flexibility index (Phi) is 9.61. The van der Waals surface area contributed by atoms with E-state index >= 15 is 0 Å². The maximum absolute atomic E-state index is 13.7. The van der Waals surface area contributed by atoms with Crippen LogP contribution >= 0.6 is 15.9 Å². The van der Waals surface area contributed by atoms with Gasteiger partial charge in [-0.3, -0.25) is 13.9 Å². The van der Waals surface area contributed by atoms with Gasteiger partial charge in [0.05, 0.1) is 11.4 Å². The lowest BCUT2D eigenvalue weighted by Gasteiger charge is -2.32. The number of fused-ring (bicyclic) bond motifs is 1. The van der Waals surface area contributed by atoms with Crippen molar-refractivity contribution >= 4 is 43.5 Å². The fraction of sp³-hybridized carbons (Fsp3) is 0.440. The Morgan fingerprint density at radius 3 is 2.47 bits per heavy atom. The molecule has 0 radical (unpaired) electrons. The summed E-state index contributed by atoms with van der Waals surface area (Å²) < 4.78 is 39.2. The average molecular weight is 583 g/mol. The number of nitrogens with zero attached hydrogens (tertiary/aromatic N) is 2. The molecule has 2 amide bonds. The van der Waals surface area contributed by atoms with Crippen LogP contribution in [-0.4, -0.2) is 63.2 Å². The Balaban J connectivity index is 1.93. The van der Waals surface area contributed by atoms with Crippen molar-refractivity contribution in [2.45, 2.75) is 39.8 Å². The minimum absolute atomic E-state index is 0.139. The van der Waals surface area contributed by atoms with Gasteiger partial charge in [-0.15, -0.1) is 0 Å². The quantitative estimate of drug-likeness (QED) is 0.436. The molecule has 0 fully saturated rings. The highest BCUT2D eigenvalue weighted by Crippen LogP contribution is 2.35. The number of hydrogen-bond acceptors (Lipinski definition) is 6. The van der Waals surface area contributed by atoms with Gasteiger partial charge in [-0.2, -0.15) is 0 Å². The zero-order valence-corrected chi connectivity index (χ0v) is 23.1. The van der Waals surface area contributed by atoms with Crippen LogP contribution in [0, 0.1) is 0 Å². The van der Waals surface area contributed by atoms with Crippen molar-refractivity contribution in [2.24, 2.45) is 0 Å². The van der Waals surface area contributed by atoms with Crippen LogP contribution in [0.2, 0.25) is 0 Å². The third-order valence-corrected chi connectivity index (χ3v) is 7.99. The van der Waals surface area contributed by atoms with Crippen LogP contribution in [0.15, 0.2) is 46.9 Å². The van der Waals surface area contributed by atoms with Crippen LogP contribution in [0.4, 0.5) is 5.69 Å². The molecule has 0 spiro atoms. The minimum atomic E-state index is -3.83. The normalized spacial score (nSPS) is 13.6. The summed E-state index contributed by atoms with van der Waals surface area (Å²) in [5.41, 5.74) is 1.09. The molecule has 0 bridgehead atoms. The van der Waals surface area contributed by atoms with Crippen molar-refractivity contribution in [2.75, 3.05) is 36.4 Å². The highest BCUT2D eigenvalue weighted by atomic mass is 79.9.